The lowest BCUT2D eigenvalue weighted by Gasteiger charge is -1.96. The molecule has 0 radical (unpaired) electrons. The lowest BCUT2D eigenvalue weighted by Crippen LogP contribution is -2.00. The Kier molecular flexibility index (Phi) is 3.61. The summed E-state index contributed by atoms with van der Waals surface area (Å²) >= 11 is 4.99. The Balaban J connectivity index is 2.11. The van der Waals surface area contributed by atoms with Crippen molar-refractivity contribution in [2.24, 2.45) is 0 Å². The summed E-state index contributed by atoms with van der Waals surface area (Å²) < 4.78 is 6.42. The van der Waals surface area contributed by atoms with E-state index in [1.807, 2.05) is 24.4 Å². The monoisotopic (exact) mass is 298 g/mol. The third-order valence-electron chi connectivity index (χ3n) is 2.30. The van der Waals surface area contributed by atoms with Gasteiger partial charge in [0, 0.05) is 22.2 Å². The van der Waals surface area contributed by atoms with E-state index in [2.05, 4.69) is 15.9 Å². The zero-order valence-electron chi connectivity index (χ0n) is 8.83. The van der Waals surface area contributed by atoms with Gasteiger partial charge in [-0.05, 0) is 39.5 Å². The van der Waals surface area contributed by atoms with Gasteiger partial charge in [0.15, 0.2) is 5.76 Å². The Labute approximate surface area is 106 Å². The fraction of sp³-hybridized carbons (Fsp3) is 0.250. The predicted octanol–water partition coefficient (Wildman–Crippen LogP) is 4.09. The second kappa shape index (κ2) is 4.97. The van der Waals surface area contributed by atoms with Crippen LogP contribution in [0.25, 0.3) is 0 Å². The van der Waals surface area contributed by atoms with Crippen molar-refractivity contribution in [2.45, 2.75) is 19.8 Å². The molecule has 0 unspecified atom stereocenters. The molecule has 2 rings (SSSR count). The van der Waals surface area contributed by atoms with Gasteiger partial charge in [-0.25, -0.2) is 0 Å². The lowest BCUT2D eigenvalue weighted by atomic mass is 10.2. The van der Waals surface area contributed by atoms with Crippen LogP contribution in [0.3, 0.4) is 0 Å². The van der Waals surface area contributed by atoms with Crippen molar-refractivity contribution >= 4 is 33.0 Å². The first-order valence-corrected chi connectivity index (χ1v) is 6.71. The van der Waals surface area contributed by atoms with E-state index in [1.165, 1.54) is 0 Å². The Bertz CT molecular complexity index is 499. The topological polar surface area (TPSA) is 30.2 Å². The van der Waals surface area contributed by atoms with Crippen molar-refractivity contribution in [3.05, 3.63) is 44.4 Å². The highest BCUT2D eigenvalue weighted by atomic mass is 79.9. The second-order valence-corrected chi connectivity index (χ2v) is 5.27. The number of hydrogen-bond acceptors (Lipinski definition) is 3. The van der Waals surface area contributed by atoms with E-state index >= 15 is 0 Å². The molecule has 0 N–H and O–H groups in total. The highest BCUT2D eigenvalue weighted by Crippen LogP contribution is 2.24. The molecule has 0 saturated heterocycles. The van der Waals surface area contributed by atoms with E-state index in [4.69, 9.17) is 4.42 Å². The minimum Gasteiger partial charge on any atom is -0.458 e. The van der Waals surface area contributed by atoms with E-state index in [-0.39, 0.29) is 5.78 Å². The number of furan rings is 1. The van der Waals surface area contributed by atoms with Crippen LogP contribution in [0.5, 0.6) is 0 Å². The standard InChI is InChI=1S/C12H11BrO2S/c1-2-8-3-4-11(15-8)10(14)7-12-9(13)5-6-16-12/h3-6H,2,7H2,1H3. The molecule has 0 atom stereocenters. The van der Waals surface area contributed by atoms with Gasteiger partial charge in [0.25, 0.3) is 0 Å². The number of halogens is 1. The molecule has 4 heteroatoms. The molecular weight excluding hydrogens is 288 g/mol. The average molecular weight is 299 g/mol. The van der Waals surface area contributed by atoms with Gasteiger partial charge in [0.1, 0.15) is 5.76 Å². The minimum absolute atomic E-state index is 0.0304. The van der Waals surface area contributed by atoms with Crippen molar-refractivity contribution in [3.63, 3.8) is 0 Å². The van der Waals surface area contributed by atoms with Crippen LogP contribution in [0.2, 0.25) is 0 Å². The average Bonchev–Trinajstić information content (AvgIpc) is 2.88. The van der Waals surface area contributed by atoms with Crippen LogP contribution < -0.4 is 0 Å². The Hall–Kier alpha value is -0.870. The number of aryl methyl sites for hydroxylation is 1. The highest BCUT2D eigenvalue weighted by molar-refractivity contribution is 9.10. The minimum atomic E-state index is 0.0304. The second-order valence-electron chi connectivity index (χ2n) is 3.41. The summed E-state index contributed by atoms with van der Waals surface area (Å²) in [6.45, 7) is 2.00. The van der Waals surface area contributed by atoms with Gasteiger partial charge < -0.3 is 4.42 Å². The Morgan fingerprint density at radius 2 is 2.25 bits per heavy atom. The fourth-order valence-corrected chi connectivity index (χ4v) is 2.89. The maximum atomic E-state index is 11.9. The molecule has 0 aliphatic carbocycles. The molecule has 2 nitrogen and oxygen atoms in total. The van der Waals surface area contributed by atoms with Gasteiger partial charge in [0.2, 0.25) is 5.78 Å². The normalized spacial score (nSPS) is 10.6. The summed E-state index contributed by atoms with van der Waals surface area (Å²) in [6, 6.07) is 5.56. The predicted molar refractivity (Wildman–Crippen MR) is 68.1 cm³/mol. The molecule has 0 spiro atoms. The molecule has 0 aromatic carbocycles. The molecule has 0 aliphatic rings. The lowest BCUT2D eigenvalue weighted by molar-refractivity contribution is 0.0965. The summed E-state index contributed by atoms with van der Waals surface area (Å²) in [5, 5.41) is 1.96. The molecule has 0 saturated carbocycles. The molecule has 84 valence electrons. The van der Waals surface area contributed by atoms with Crippen molar-refractivity contribution < 1.29 is 9.21 Å². The van der Waals surface area contributed by atoms with Gasteiger partial charge in [0.05, 0.1) is 0 Å². The van der Waals surface area contributed by atoms with E-state index in [1.54, 1.807) is 17.4 Å². The molecule has 2 aromatic heterocycles. The summed E-state index contributed by atoms with van der Waals surface area (Å²) in [7, 11) is 0. The number of Topliss-reactive ketones (excluding diaryl/α,β-unsaturated/α-hetero) is 1. The van der Waals surface area contributed by atoms with E-state index in [0.29, 0.717) is 12.2 Å². The van der Waals surface area contributed by atoms with Crippen molar-refractivity contribution in [1.29, 1.82) is 0 Å². The molecule has 16 heavy (non-hydrogen) atoms. The zero-order chi connectivity index (χ0) is 11.5. The molecule has 2 heterocycles. The smallest absolute Gasteiger partial charge is 0.203 e. The fourth-order valence-electron chi connectivity index (χ4n) is 1.40. The summed E-state index contributed by atoms with van der Waals surface area (Å²) in [5.41, 5.74) is 0. The third kappa shape index (κ3) is 2.44. The zero-order valence-corrected chi connectivity index (χ0v) is 11.2. The van der Waals surface area contributed by atoms with E-state index < -0.39 is 0 Å². The summed E-state index contributed by atoms with van der Waals surface area (Å²) in [5.74, 6) is 1.34. The number of rotatable bonds is 4. The molecule has 2 aromatic rings. The largest absolute Gasteiger partial charge is 0.458 e. The molecule has 0 amide bonds. The molecule has 0 bridgehead atoms. The maximum absolute atomic E-state index is 11.9. The van der Waals surface area contributed by atoms with E-state index in [9.17, 15) is 4.79 Å². The van der Waals surface area contributed by atoms with Crippen LogP contribution in [0.1, 0.15) is 28.1 Å². The van der Waals surface area contributed by atoms with Gasteiger partial charge in [-0.3, -0.25) is 4.79 Å². The van der Waals surface area contributed by atoms with Gasteiger partial charge >= 0.3 is 0 Å². The van der Waals surface area contributed by atoms with Crippen LogP contribution >= 0.6 is 27.3 Å². The van der Waals surface area contributed by atoms with Crippen molar-refractivity contribution in [1.82, 2.24) is 0 Å². The first-order chi connectivity index (χ1) is 7.70. The molecule has 0 fully saturated rings. The number of carbonyl (C=O) groups is 1. The highest BCUT2D eigenvalue weighted by Gasteiger charge is 2.13. The quantitative estimate of drug-likeness (QED) is 0.796. The van der Waals surface area contributed by atoms with Gasteiger partial charge in [-0.15, -0.1) is 11.3 Å². The van der Waals surface area contributed by atoms with Crippen LogP contribution in [0, 0.1) is 0 Å². The van der Waals surface area contributed by atoms with Crippen LogP contribution in [0.4, 0.5) is 0 Å². The number of hydrogen-bond donors (Lipinski definition) is 0. The number of ketones is 1. The van der Waals surface area contributed by atoms with Crippen molar-refractivity contribution in [2.75, 3.05) is 0 Å². The van der Waals surface area contributed by atoms with Gasteiger partial charge in [-0.2, -0.15) is 0 Å². The Morgan fingerprint density at radius 3 is 2.81 bits per heavy atom. The first kappa shape index (κ1) is 11.6. The van der Waals surface area contributed by atoms with Crippen LogP contribution in [-0.2, 0) is 12.8 Å². The molecular formula is C12H11BrO2S. The van der Waals surface area contributed by atoms with E-state index in [0.717, 1.165) is 21.5 Å². The van der Waals surface area contributed by atoms with Crippen molar-refractivity contribution in [3.8, 4) is 0 Å². The molecule has 0 aliphatic heterocycles. The summed E-state index contributed by atoms with van der Waals surface area (Å²) in [6.07, 6.45) is 1.21. The third-order valence-corrected chi connectivity index (χ3v) is 4.22. The number of carbonyl (C=O) groups excluding carboxylic acids is 1. The number of thiophene rings is 1. The van der Waals surface area contributed by atoms with Crippen LogP contribution in [0.15, 0.2) is 32.5 Å². The first-order valence-electron chi connectivity index (χ1n) is 5.04. The van der Waals surface area contributed by atoms with Gasteiger partial charge in [-0.1, -0.05) is 6.92 Å². The Morgan fingerprint density at radius 1 is 1.44 bits per heavy atom. The summed E-state index contributed by atoms with van der Waals surface area (Å²) in [4.78, 5) is 12.9. The maximum Gasteiger partial charge on any atom is 0.203 e. The SMILES string of the molecule is CCc1ccc(C(=O)Cc2sccc2Br)o1. The van der Waals surface area contributed by atoms with Crippen LogP contribution in [-0.4, -0.2) is 5.78 Å².